The summed E-state index contributed by atoms with van der Waals surface area (Å²) >= 11 is 0. The van der Waals surface area contributed by atoms with Gasteiger partial charge in [0.2, 0.25) is 5.82 Å². The highest BCUT2D eigenvalue weighted by Crippen LogP contribution is 2.32. The minimum Gasteiger partial charge on any atom is -0.447 e. The first kappa shape index (κ1) is 19.4. The predicted octanol–water partition coefficient (Wildman–Crippen LogP) is 5.38. The molecule has 2 aromatic carbocycles. The highest BCUT2D eigenvalue weighted by molar-refractivity contribution is 5.85. The minimum atomic E-state index is -4.46. The molecule has 0 spiro atoms. The molecular formula is C19H16F3N3O3. The lowest BCUT2D eigenvalue weighted by Crippen LogP contribution is -2.17. The van der Waals surface area contributed by atoms with Crippen LogP contribution in [0.3, 0.4) is 0 Å². The van der Waals surface area contributed by atoms with E-state index in [9.17, 15) is 18.0 Å². The zero-order chi connectivity index (χ0) is 20.3. The molecule has 3 aromatic rings. The van der Waals surface area contributed by atoms with Crippen LogP contribution in [0.15, 0.2) is 53.1 Å². The molecule has 0 saturated heterocycles. The molecular weight excluding hydrogens is 375 g/mol. The topological polar surface area (TPSA) is 77.2 Å². The average Bonchev–Trinajstić information content (AvgIpc) is 3.11. The molecule has 0 aliphatic carbocycles. The van der Waals surface area contributed by atoms with E-state index in [1.807, 2.05) is 0 Å². The summed E-state index contributed by atoms with van der Waals surface area (Å²) in [5.41, 5.74) is 0.458. The molecule has 1 N–H and O–H groups in total. The van der Waals surface area contributed by atoms with Gasteiger partial charge in [-0.3, -0.25) is 5.32 Å². The van der Waals surface area contributed by atoms with Crippen molar-refractivity contribution < 1.29 is 27.2 Å². The minimum absolute atomic E-state index is 0.0452. The summed E-state index contributed by atoms with van der Waals surface area (Å²) in [5, 5.41) is 6.32. The van der Waals surface area contributed by atoms with Crippen molar-refractivity contribution in [2.24, 2.45) is 0 Å². The maximum Gasteiger partial charge on any atom is 0.416 e. The van der Waals surface area contributed by atoms with E-state index < -0.39 is 17.8 Å². The van der Waals surface area contributed by atoms with Gasteiger partial charge in [-0.05, 0) is 50.2 Å². The molecule has 0 bridgehead atoms. The predicted molar refractivity (Wildman–Crippen MR) is 95.4 cm³/mol. The Hall–Kier alpha value is -3.36. The summed E-state index contributed by atoms with van der Waals surface area (Å²) < 4.78 is 48.7. The van der Waals surface area contributed by atoms with Gasteiger partial charge in [0, 0.05) is 16.8 Å². The van der Waals surface area contributed by atoms with E-state index in [0.29, 0.717) is 11.3 Å². The number of nitrogens with one attached hydrogen (secondary N) is 1. The molecule has 1 amide bonds. The summed E-state index contributed by atoms with van der Waals surface area (Å²) in [7, 11) is 0. The molecule has 0 radical (unpaired) electrons. The van der Waals surface area contributed by atoms with Crippen molar-refractivity contribution in [1.82, 2.24) is 10.1 Å². The number of hydrogen-bond acceptors (Lipinski definition) is 5. The number of anilines is 1. The molecule has 6 nitrogen and oxygen atoms in total. The Bertz CT molecular complexity index is 966. The molecule has 9 heteroatoms. The number of benzene rings is 2. The van der Waals surface area contributed by atoms with Crippen LogP contribution in [0.4, 0.5) is 23.7 Å². The quantitative estimate of drug-likeness (QED) is 0.646. The Morgan fingerprint density at radius 3 is 2.46 bits per heavy atom. The molecule has 1 aromatic heterocycles. The average molecular weight is 391 g/mol. The molecule has 0 aliphatic rings. The molecule has 1 heterocycles. The Morgan fingerprint density at radius 2 is 1.82 bits per heavy atom. The van der Waals surface area contributed by atoms with Crippen molar-refractivity contribution in [2.75, 3.05) is 5.32 Å². The zero-order valence-electron chi connectivity index (χ0n) is 14.9. The van der Waals surface area contributed by atoms with Gasteiger partial charge in [0.15, 0.2) is 0 Å². The standard InChI is InChI=1S/C19H16F3N3O3/c1-11(2)27-18(26)23-15-8-6-12(7-9-15)17-24-16(25-28-17)13-4-3-5-14(10-13)19(20,21)22/h3-11H,1-2H3,(H,23,26). The van der Waals surface area contributed by atoms with Gasteiger partial charge < -0.3 is 9.26 Å². The fourth-order valence-corrected chi connectivity index (χ4v) is 2.35. The van der Waals surface area contributed by atoms with Crippen LogP contribution in [0.25, 0.3) is 22.8 Å². The van der Waals surface area contributed by atoms with Crippen molar-refractivity contribution in [3.8, 4) is 22.8 Å². The number of aromatic nitrogens is 2. The van der Waals surface area contributed by atoms with Gasteiger partial charge in [0.1, 0.15) is 0 Å². The number of ether oxygens (including phenoxy) is 1. The maximum atomic E-state index is 12.8. The van der Waals surface area contributed by atoms with E-state index in [0.717, 1.165) is 12.1 Å². The number of halogens is 3. The first-order chi connectivity index (χ1) is 13.2. The lowest BCUT2D eigenvalue weighted by Gasteiger charge is -2.09. The maximum absolute atomic E-state index is 12.8. The second-order valence-electron chi connectivity index (χ2n) is 6.16. The van der Waals surface area contributed by atoms with Gasteiger partial charge in [0.05, 0.1) is 11.7 Å². The van der Waals surface area contributed by atoms with E-state index >= 15 is 0 Å². The Balaban J connectivity index is 1.76. The SMILES string of the molecule is CC(C)OC(=O)Nc1ccc(-c2nc(-c3cccc(C(F)(F)F)c3)no2)cc1. The second-order valence-corrected chi connectivity index (χ2v) is 6.16. The largest absolute Gasteiger partial charge is 0.447 e. The zero-order valence-corrected chi connectivity index (χ0v) is 14.9. The lowest BCUT2D eigenvalue weighted by molar-refractivity contribution is -0.137. The first-order valence-electron chi connectivity index (χ1n) is 8.32. The van der Waals surface area contributed by atoms with Crippen LogP contribution in [-0.2, 0) is 10.9 Å². The summed E-state index contributed by atoms with van der Waals surface area (Å²) in [4.78, 5) is 15.7. The highest BCUT2D eigenvalue weighted by atomic mass is 19.4. The fraction of sp³-hybridized carbons (Fsp3) is 0.211. The Kier molecular flexibility index (Phi) is 5.34. The number of carbonyl (C=O) groups excluding carboxylic acids is 1. The Labute approximate surface area is 158 Å². The molecule has 0 unspecified atom stereocenters. The van der Waals surface area contributed by atoms with E-state index in [1.165, 1.54) is 12.1 Å². The summed E-state index contributed by atoms with van der Waals surface area (Å²) in [6.07, 6.45) is -5.28. The molecule has 146 valence electrons. The van der Waals surface area contributed by atoms with Crippen molar-refractivity contribution in [1.29, 1.82) is 0 Å². The van der Waals surface area contributed by atoms with Gasteiger partial charge in [-0.25, -0.2) is 4.79 Å². The van der Waals surface area contributed by atoms with Crippen LogP contribution < -0.4 is 5.32 Å². The number of nitrogens with zero attached hydrogens (tertiary/aromatic N) is 2. The van der Waals surface area contributed by atoms with Gasteiger partial charge in [0.25, 0.3) is 5.89 Å². The number of hydrogen-bond donors (Lipinski definition) is 1. The highest BCUT2D eigenvalue weighted by Gasteiger charge is 2.30. The van der Waals surface area contributed by atoms with E-state index in [2.05, 4.69) is 15.5 Å². The van der Waals surface area contributed by atoms with E-state index in [4.69, 9.17) is 9.26 Å². The second kappa shape index (κ2) is 7.71. The molecule has 0 fully saturated rings. The van der Waals surface area contributed by atoms with Gasteiger partial charge in [-0.2, -0.15) is 18.2 Å². The van der Waals surface area contributed by atoms with Crippen LogP contribution in [0, 0.1) is 0 Å². The molecule has 0 atom stereocenters. The van der Waals surface area contributed by atoms with Crippen LogP contribution in [0.5, 0.6) is 0 Å². The first-order valence-corrected chi connectivity index (χ1v) is 8.32. The van der Waals surface area contributed by atoms with Crippen molar-refractivity contribution in [2.45, 2.75) is 26.1 Å². The summed E-state index contributed by atoms with van der Waals surface area (Å²) in [6.45, 7) is 3.47. The van der Waals surface area contributed by atoms with Crippen LogP contribution >= 0.6 is 0 Å². The molecule has 3 rings (SSSR count). The third kappa shape index (κ3) is 4.67. The van der Waals surface area contributed by atoms with Crippen LogP contribution in [0.2, 0.25) is 0 Å². The summed E-state index contributed by atoms with van der Waals surface area (Å²) in [5.74, 6) is 0.188. The number of rotatable bonds is 4. The van der Waals surface area contributed by atoms with Gasteiger partial charge in [-0.15, -0.1) is 0 Å². The summed E-state index contributed by atoms with van der Waals surface area (Å²) in [6, 6.07) is 11.2. The third-order valence-corrected chi connectivity index (χ3v) is 3.60. The third-order valence-electron chi connectivity index (χ3n) is 3.60. The van der Waals surface area contributed by atoms with E-state index in [1.54, 1.807) is 38.1 Å². The van der Waals surface area contributed by atoms with Crippen LogP contribution in [0.1, 0.15) is 19.4 Å². The smallest absolute Gasteiger partial charge is 0.416 e. The normalized spacial score (nSPS) is 11.5. The van der Waals surface area contributed by atoms with E-state index in [-0.39, 0.29) is 23.4 Å². The van der Waals surface area contributed by atoms with Crippen molar-refractivity contribution in [3.63, 3.8) is 0 Å². The molecule has 28 heavy (non-hydrogen) atoms. The number of amides is 1. The Morgan fingerprint density at radius 1 is 1.11 bits per heavy atom. The monoisotopic (exact) mass is 391 g/mol. The van der Waals surface area contributed by atoms with Crippen molar-refractivity contribution in [3.05, 3.63) is 54.1 Å². The van der Waals surface area contributed by atoms with Gasteiger partial charge in [-0.1, -0.05) is 17.3 Å². The lowest BCUT2D eigenvalue weighted by atomic mass is 10.1. The van der Waals surface area contributed by atoms with Crippen LogP contribution in [-0.4, -0.2) is 22.3 Å². The number of alkyl halides is 3. The van der Waals surface area contributed by atoms with Gasteiger partial charge >= 0.3 is 12.3 Å². The molecule has 0 aliphatic heterocycles. The van der Waals surface area contributed by atoms with Crippen molar-refractivity contribution >= 4 is 11.8 Å². The number of carbonyl (C=O) groups is 1. The molecule has 0 saturated carbocycles. The fourth-order valence-electron chi connectivity index (χ4n) is 2.35.